The van der Waals surface area contributed by atoms with Crippen LogP contribution in [0.2, 0.25) is 0 Å². The smallest absolute Gasteiger partial charge is 0.282 e. The first kappa shape index (κ1) is 14.5. The third kappa shape index (κ3) is 3.57. The van der Waals surface area contributed by atoms with Gasteiger partial charge in [-0.15, -0.1) is 0 Å². The van der Waals surface area contributed by atoms with E-state index in [-0.39, 0.29) is 5.56 Å². The van der Waals surface area contributed by atoms with Gasteiger partial charge in [0, 0.05) is 13.6 Å². The van der Waals surface area contributed by atoms with Gasteiger partial charge in [0.05, 0.1) is 11.9 Å². The molecule has 0 bridgehead atoms. The van der Waals surface area contributed by atoms with Gasteiger partial charge in [0.1, 0.15) is 4.47 Å². The van der Waals surface area contributed by atoms with Crippen LogP contribution < -0.4 is 10.9 Å². The van der Waals surface area contributed by atoms with E-state index in [9.17, 15) is 4.79 Å². The van der Waals surface area contributed by atoms with Gasteiger partial charge in [0.25, 0.3) is 5.56 Å². The normalized spacial score (nSPS) is 17.6. The molecule has 0 amide bonds. The van der Waals surface area contributed by atoms with Crippen LogP contribution in [0.3, 0.4) is 0 Å². The fraction of sp³-hybridized carbons (Fsp3) is 0.692. The molecule has 0 unspecified atom stereocenters. The lowest BCUT2D eigenvalue weighted by Crippen LogP contribution is -2.35. The molecule has 1 N–H and O–H groups in total. The van der Waals surface area contributed by atoms with Crippen LogP contribution in [0, 0.1) is 5.92 Å². The van der Waals surface area contributed by atoms with Gasteiger partial charge in [0.2, 0.25) is 0 Å². The van der Waals surface area contributed by atoms with Crippen LogP contribution in [-0.2, 0) is 7.05 Å². The van der Waals surface area contributed by atoms with Gasteiger partial charge in [0.15, 0.2) is 0 Å². The fourth-order valence-electron chi connectivity index (χ4n) is 2.40. The van der Waals surface area contributed by atoms with Crippen molar-refractivity contribution in [2.45, 2.75) is 19.8 Å². The van der Waals surface area contributed by atoms with E-state index in [2.05, 4.69) is 38.2 Å². The molecule has 0 aromatic carbocycles. The first-order valence-electron chi connectivity index (χ1n) is 6.79. The summed E-state index contributed by atoms with van der Waals surface area (Å²) in [6.07, 6.45) is 4.14. The number of halogens is 1. The van der Waals surface area contributed by atoms with Gasteiger partial charge in [-0.1, -0.05) is 6.92 Å². The lowest BCUT2D eigenvalue weighted by atomic mass is 9.97. The Morgan fingerprint density at radius 2 is 2.16 bits per heavy atom. The molecular formula is C13H21BrN4O. The highest BCUT2D eigenvalue weighted by atomic mass is 79.9. The summed E-state index contributed by atoms with van der Waals surface area (Å²) < 4.78 is 1.89. The van der Waals surface area contributed by atoms with Crippen molar-refractivity contribution in [3.63, 3.8) is 0 Å². The van der Waals surface area contributed by atoms with Crippen molar-refractivity contribution in [2.24, 2.45) is 13.0 Å². The van der Waals surface area contributed by atoms with E-state index in [4.69, 9.17) is 0 Å². The Labute approximate surface area is 122 Å². The molecule has 0 spiro atoms. The first-order chi connectivity index (χ1) is 9.11. The van der Waals surface area contributed by atoms with Crippen LogP contribution in [-0.4, -0.2) is 40.9 Å². The van der Waals surface area contributed by atoms with Crippen LogP contribution in [0.15, 0.2) is 15.5 Å². The topological polar surface area (TPSA) is 50.2 Å². The number of piperidine rings is 1. The van der Waals surface area contributed by atoms with Crippen LogP contribution in [0.5, 0.6) is 0 Å². The zero-order valence-corrected chi connectivity index (χ0v) is 13.1. The average molecular weight is 329 g/mol. The summed E-state index contributed by atoms with van der Waals surface area (Å²) in [5.41, 5.74) is 0.687. The summed E-state index contributed by atoms with van der Waals surface area (Å²) in [6.45, 7) is 6.62. The van der Waals surface area contributed by atoms with Crippen molar-refractivity contribution in [1.82, 2.24) is 14.7 Å². The summed E-state index contributed by atoms with van der Waals surface area (Å²) in [7, 11) is 1.65. The lowest BCUT2D eigenvalue weighted by molar-refractivity contribution is 0.198. The summed E-state index contributed by atoms with van der Waals surface area (Å²) in [6, 6.07) is 0. The standard InChI is InChI=1S/C13H21BrN4O/c1-3-18-6-4-10(5-7-18)8-15-11-9-16-17(2)13(19)12(11)14/h9-10,15H,3-8H2,1-2H3. The van der Waals surface area contributed by atoms with Gasteiger partial charge < -0.3 is 10.2 Å². The van der Waals surface area contributed by atoms with Crippen molar-refractivity contribution in [3.8, 4) is 0 Å². The quantitative estimate of drug-likeness (QED) is 0.913. The highest BCUT2D eigenvalue weighted by Gasteiger charge is 2.18. The van der Waals surface area contributed by atoms with E-state index in [1.165, 1.54) is 30.6 Å². The molecule has 2 rings (SSSR count). The minimum Gasteiger partial charge on any atom is -0.382 e. The Morgan fingerprint density at radius 3 is 2.79 bits per heavy atom. The number of hydrogen-bond acceptors (Lipinski definition) is 4. The molecule has 5 nitrogen and oxygen atoms in total. The maximum absolute atomic E-state index is 11.7. The second kappa shape index (κ2) is 6.52. The Balaban J connectivity index is 1.90. The van der Waals surface area contributed by atoms with Crippen molar-refractivity contribution in [1.29, 1.82) is 0 Å². The number of nitrogens with one attached hydrogen (secondary N) is 1. The predicted octanol–water partition coefficient (Wildman–Crippen LogP) is 1.69. The molecular weight excluding hydrogens is 308 g/mol. The molecule has 1 fully saturated rings. The van der Waals surface area contributed by atoms with Crippen LogP contribution >= 0.6 is 15.9 Å². The summed E-state index contributed by atoms with van der Waals surface area (Å²) in [5, 5.41) is 7.37. The maximum Gasteiger partial charge on any atom is 0.282 e. The molecule has 1 aliphatic heterocycles. The third-order valence-corrected chi connectivity index (χ3v) is 4.58. The van der Waals surface area contributed by atoms with Crippen LogP contribution in [0.1, 0.15) is 19.8 Å². The number of aryl methyl sites for hydroxylation is 1. The molecule has 0 radical (unpaired) electrons. The lowest BCUT2D eigenvalue weighted by Gasteiger charge is -2.31. The second-order valence-electron chi connectivity index (χ2n) is 5.06. The highest BCUT2D eigenvalue weighted by Crippen LogP contribution is 2.20. The zero-order valence-electron chi connectivity index (χ0n) is 11.5. The summed E-state index contributed by atoms with van der Waals surface area (Å²) in [5.74, 6) is 0.679. The Hall–Kier alpha value is -0.880. The van der Waals surface area contributed by atoms with Gasteiger partial charge >= 0.3 is 0 Å². The largest absolute Gasteiger partial charge is 0.382 e. The van der Waals surface area contributed by atoms with Crippen molar-refractivity contribution < 1.29 is 0 Å². The highest BCUT2D eigenvalue weighted by molar-refractivity contribution is 9.10. The fourth-order valence-corrected chi connectivity index (χ4v) is 2.89. The second-order valence-corrected chi connectivity index (χ2v) is 5.85. The molecule has 1 aromatic rings. The van der Waals surface area contributed by atoms with Gasteiger partial charge in [-0.05, 0) is 54.3 Å². The SMILES string of the molecule is CCN1CCC(CNc2cnn(C)c(=O)c2Br)CC1. The Morgan fingerprint density at radius 1 is 1.47 bits per heavy atom. The Kier molecular flexibility index (Phi) is 4.99. The monoisotopic (exact) mass is 328 g/mol. The minimum absolute atomic E-state index is 0.106. The van der Waals surface area contributed by atoms with E-state index >= 15 is 0 Å². The Bertz CT molecular complexity index is 480. The maximum atomic E-state index is 11.7. The molecule has 0 saturated carbocycles. The van der Waals surface area contributed by atoms with E-state index in [1.807, 2.05) is 0 Å². The number of anilines is 1. The van der Waals surface area contributed by atoms with Crippen molar-refractivity contribution in [3.05, 3.63) is 21.0 Å². The van der Waals surface area contributed by atoms with E-state index in [1.54, 1.807) is 13.2 Å². The number of rotatable bonds is 4. The number of hydrogen-bond donors (Lipinski definition) is 1. The molecule has 6 heteroatoms. The van der Waals surface area contributed by atoms with Gasteiger partial charge in [-0.2, -0.15) is 5.10 Å². The van der Waals surface area contributed by atoms with Crippen LogP contribution in [0.25, 0.3) is 0 Å². The number of aromatic nitrogens is 2. The van der Waals surface area contributed by atoms with E-state index in [0.29, 0.717) is 10.4 Å². The van der Waals surface area contributed by atoms with Gasteiger partial charge in [-0.25, -0.2) is 4.68 Å². The van der Waals surface area contributed by atoms with E-state index < -0.39 is 0 Å². The van der Waals surface area contributed by atoms with Crippen molar-refractivity contribution in [2.75, 3.05) is 31.5 Å². The number of nitrogens with zero attached hydrogens (tertiary/aromatic N) is 3. The van der Waals surface area contributed by atoms with E-state index in [0.717, 1.165) is 18.8 Å². The number of likely N-dealkylation sites (tertiary alicyclic amines) is 1. The molecule has 19 heavy (non-hydrogen) atoms. The molecule has 1 aromatic heterocycles. The van der Waals surface area contributed by atoms with Gasteiger partial charge in [-0.3, -0.25) is 4.79 Å². The molecule has 0 atom stereocenters. The minimum atomic E-state index is -0.106. The summed E-state index contributed by atoms with van der Waals surface area (Å²) in [4.78, 5) is 14.2. The van der Waals surface area contributed by atoms with Crippen molar-refractivity contribution >= 4 is 21.6 Å². The molecule has 1 saturated heterocycles. The zero-order chi connectivity index (χ0) is 13.8. The molecule has 0 aliphatic carbocycles. The molecule has 106 valence electrons. The summed E-state index contributed by atoms with van der Waals surface area (Å²) >= 11 is 3.33. The molecule has 2 heterocycles. The van der Waals surface area contributed by atoms with Crippen LogP contribution in [0.4, 0.5) is 5.69 Å². The average Bonchev–Trinajstić information content (AvgIpc) is 2.45. The first-order valence-corrected chi connectivity index (χ1v) is 7.59. The third-order valence-electron chi connectivity index (χ3n) is 3.81. The predicted molar refractivity (Wildman–Crippen MR) is 80.5 cm³/mol. The molecule has 1 aliphatic rings.